The molecule has 3 N–H and O–H groups in total. The van der Waals surface area contributed by atoms with Gasteiger partial charge in [0.1, 0.15) is 0 Å². The predicted molar refractivity (Wildman–Crippen MR) is 196 cm³/mol. The van der Waals surface area contributed by atoms with Gasteiger partial charge in [0.25, 0.3) is 0 Å². The summed E-state index contributed by atoms with van der Waals surface area (Å²) in [7, 11) is 7.15. The molecule has 0 atom stereocenters. The van der Waals surface area contributed by atoms with E-state index < -0.39 is 0 Å². The highest BCUT2D eigenvalue weighted by atomic mass is 33.1. The highest BCUT2D eigenvalue weighted by Crippen LogP contribution is 2.35. The van der Waals surface area contributed by atoms with Crippen LogP contribution in [0.3, 0.4) is 0 Å². The standard InChI is InChI=1S/C11H23NOS2.C11H23NO.C10H21NOS2/c1-10(2,3)9(13)12-7-8-14-15-11(4,5)6;1-10(2,3)7-8-12-9(13)11(4,5)6;1-9(2,3)8(12)11-7-13-14-10(4,5)6/h7-8H2,1-6H3,(H,12,13);7-8H2,1-6H3,(H,12,13);7H2,1-6H3,(H,11,12). The molecule has 0 bridgehead atoms. The molecule has 0 rings (SSSR count). The van der Waals surface area contributed by atoms with E-state index in [9.17, 15) is 14.4 Å². The summed E-state index contributed by atoms with van der Waals surface area (Å²) in [6, 6.07) is 0. The average molecular weight is 670 g/mol. The summed E-state index contributed by atoms with van der Waals surface area (Å²) in [5.41, 5.74) is -0.530. The Balaban J connectivity index is -0.000000545. The Morgan fingerprint density at radius 2 is 0.810 bits per heavy atom. The molecule has 0 aromatic rings. The Hall–Kier alpha value is -0.190. The topological polar surface area (TPSA) is 87.3 Å². The molecule has 3 amide bonds. The number of hydrogen-bond donors (Lipinski definition) is 3. The number of hydrogen-bond acceptors (Lipinski definition) is 7. The van der Waals surface area contributed by atoms with Gasteiger partial charge in [0, 0.05) is 44.6 Å². The van der Waals surface area contributed by atoms with Gasteiger partial charge in [-0.3, -0.25) is 14.4 Å². The van der Waals surface area contributed by atoms with Crippen molar-refractivity contribution in [2.75, 3.05) is 24.7 Å². The number of carbonyl (C=O) groups excluding carboxylic acids is 3. The van der Waals surface area contributed by atoms with Gasteiger partial charge in [-0.2, -0.15) is 0 Å². The summed E-state index contributed by atoms with van der Waals surface area (Å²) < 4.78 is 0.538. The lowest BCUT2D eigenvalue weighted by Gasteiger charge is -2.21. The minimum absolute atomic E-state index is 0.111. The monoisotopic (exact) mass is 669 g/mol. The maximum absolute atomic E-state index is 11.5. The number of amides is 3. The lowest BCUT2D eigenvalue weighted by molar-refractivity contribution is -0.129. The van der Waals surface area contributed by atoms with Gasteiger partial charge in [-0.25, -0.2) is 0 Å². The smallest absolute Gasteiger partial charge is 0.226 e. The van der Waals surface area contributed by atoms with Gasteiger partial charge in [-0.05, 0) is 11.8 Å². The molecule has 0 aromatic carbocycles. The third kappa shape index (κ3) is 34.3. The van der Waals surface area contributed by atoms with Crippen molar-refractivity contribution in [3.63, 3.8) is 0 Å². The normalized spacial score (nSPS) is 12.7. The molecule has 0 aliphatic carbocycles. The second kappa shape index (κ2) is 20.0. The predicted octanol–water partition coefficient (Wildman–Crippen LogP) is 9.20. The van der Waals surface area contributed by atoms with E-state index in [0.29, 0.717) is 16.0 Å². The molecule has 252 valence electrons. The molecule has 0 aliphatic heterocycles. The van der Waals surface area contributed by atoms with E-state index in [0.717, 1.165) is 25.3 Å². The molecule has 0 heterocycles. The van der Waals surface area contributed by atoms with Crippen molar-refractivity contribution in [1.29, 1.82) is 0 Å². The second-order valence-electron chi connectivity index (χ2n) is 16.6. The van der Waals surface area contributed by atoms with E-state index in [-0.39, 0.29) is 38.7 Å². The highest BCUT2D eigenvalue weighted by Gasteiger charge is 2.22. The van der Waals surface area contributed by atoms with E-state index in [2.05, 4.69) is 78.3 Å². The Labute approximate surface area is 276 Å². The van der Waals surface area contributed by atoms with Crippen LogP contribution in [0.4, 0.5) is 0 Å². The van der Waals surface area contributed by atoms with Crippen LogP contribution >= 0.6 is 43.2 Å². The minimum Gasteiger partial charge on any atom is -0.356 e. The van der Waals surface area contributed by atoms with Crippen LogP contribution < -0.4 is 16.0 Å². The Kier molecular flexibility index (Phi) is 22.1. The lowest BCUT2D eigenvalue weighted by Crippen LogP contribution is -2.36. The maximum Gasteiger partial charge on any atom is 0.226 e. The van der Waals surface area contributed by atoms with Crippen LogP contribution in [0.15, 0.2) is 0 Å². The SMILES string of the molecule is CC(C)(C)CCNC(=O)C(C)(C)C.CC(C)(C)SSCCNC(=O)C(C)(C)C.CC(C)(C)SSCNC(=O)C(C)(C)C. The van der Waals surface area contributed by atoms with E-state index in [1.807, 2.05) is 83.9 Å². The summed E-state index contributed by atoms with van der Waals surface area (Å²) in [4.78, 5) is 34.4. The van der Waals surface area contributed by atoms with Crippen molar-refractivity contribution in [2.45, 2.75) is 141 Å². The first-order valence-corrected chi connectivity index (χ1v) is 19.5. The summed E-state index contributed by atoms with van der Waals surface area (Å²) >= 11 is 0. The van der Waals surface area contributed by atoms with Crippen LogP contribution in [-0.2, 0) is 14.4 Å². The molecule has 10 heteroatoms. The fraction of sp³-hybridized carbons (Fsp3) is 0.906. The van der Waals surface area contributed by atoms with Crippen molar-refractivity contribution in [3.05, 3.63) is 0 Å². The van der Waals surface area contributed by atoms with E-state index in [4.69, 9.17) is 0 Å². The van der Waals surface area contributed by atoms with Crippen LogP contribution in [-0.4, -0.2) is 51.9 Å². The molecule has 0 saturated heterocycles. The number of carbonyl (C=O) groups is 3. The number of nitrogens with one attached hydrogen (secondary N) is 3. The molecule has 0 unspecified atom stereocenters. The van der Waals surface area contributed by atoms with E-state index in [1.165, 1.54) is 0 Å². The van der Waals surface area contributed by atoms with Crippen LogP contribution in [0.2, 0.25) is 0 Å². The first-order chi connectivity index (χ1) is 18.4. The van der Waals surface area contributed by atoms with Gasteiger partial charge in [0.05, 0.1) is 5.88 Å². The first kappa shape index (κ1) is 46.2. The van der Waals surface area contributed by atoms with Crippen LogP contribution in [0, 0.1) is 21.7 Å². The highest BCUT2D eigenvalue weighted by molar-refractivity contribution is 8.77. The third-order valence-corrected chi connectivity index (χ3v) is 11.0. The zero-order chi connectivity index (χ0) is 34.2. The zero-order valence-electron chi connectivity index (χ0n) is 30.4. The molecule has 0 aromatic heterocycles. The summed E-state index contributed by atoms with van der Waals surface area (Å²) in [5, 5.41) is 8.77. The van der Waals surface area contributed by atoms with Gasteiger partial charge in [-0.1, -0.05) is 168 Å². The van der Waals surface area contributed by atoms with Crippen molar-refractivity contribution >= 4 is 60.9 Å². The fourth-order valence-corrected chi connectivity index (χ4v) is 6.27. The lowest BCUT2D eigenvalue weighted by atomic mass is 9.91. The Morgan fingerprint density at radius 3 is 1.14 bits per heavy atom. The molecule has 6 nitrogen and oxygen atoms in total. The molecule has 42 heavy (non-hydrogen) atoms. The van der Waals surface area contributed by atoms with Crippen LogP contribution in [0.25, 0.3) is 0 Å². The molecule has 0 fully saturated rings. The quantitative estimate of drug-likeness (QED) is 0.128. The third-order valence-electron chi connectivity index (χ3n) is 4.58. The minimum atomic E-state index is -0.285. The first-order valence-electron chi connectivity index (χ1n) is 14.8. The molecule has 0 radical (unpaired) electrons. The zero-order valence-corrected chi connectivity index (χ0v) is 33.7. The molecular weight excluding hydrogens is 603 g/mol. The summed E-state index contributed by atoms with van der Waals surface area (Å²) in [6.07, 6.45) is 1.02. The fourth-order valence-electron chi connectivity index (χ4n) is 2.07. The van der Waals surface area contributed by atoms with Gasteiger partial charge < -0.3 is 16.0 Å². The van der Waals surface area contributed by atoms with E-state index >= 15 is 0 Å². The van der Waals surface area contributed by atoms with Crippen molar-refractivity contribution in [3.8, 4) is 0 Å². The largest absolute Gasteiger partial charge is 0.356 e. The van der Waals surface area contributed by atoms with E-state index in [1.54, 1.807) is 21.6 Å². The van der Waals surface area contributed by atoms with Gasteiger partial charge in [0.2, 0.25) is 17.7 Å². The number of rotatable bonds is 9. The molecule has 0 aliphatic rings. The van der Waals surface area contributed by atoms with Crippen molar-refractivity contribution < 1.29 is 14.4 Å². The molecule has 0 saturated carbocycles. The average Bonchev–Trinajstić information content (AvgIpc) is 2.72. The van der Waals surface area contributed by atoms with Crippen molar-refractivity contribution in [1.82, 2.24) is 16.0 Å². The molecular formula is C32H67N3O3S4. The van der Waals surface area contributed by atoms with Crippen molar-refractivity contribution in [2.24, 2.45) is 21.7 Å². The van der Waals surface area contributed by atoms with Gasteiger partial charge in [0.15, 0.2) is 0 Å². The van der Waals surface area contributed by atoms with Crippen LogP contribution in [0.5, 0.6) is 0 Å². The van der Waals surface area contributed by atoms with Crippen LogP contribution in [0.1, 0.15) is 131 Å². The second-order valence-corrected chi connectivity index (χ2v) is 22.9. The Morgan fingerprint density at radius 1 is 0.476 bits per heavy atom. The Bertz CT molecular complexity index is 778. The maximum atomic E-state index is 11.5. The summed E-state index contributed by atoms with van der Waals surface area (Å²) in [5.74, 6) is 2.02. The molecule has 0 spiro atoms. The van der Waals surface area contributed by atoms with Gasteiger partial charge in [-0.15, -0.1) is 0 Å². The summed E-state index contributed by atoms with van der Waals surface area (Å²) in [6.45, 7) is 38.5. The van der Waals surface area contributed by atoms with Gasteiger partial charge >= 0.3 is 0 Å².